The zero-order chi connectivity index (χ0) is 18.2. The van der Waals surface area contributed by atoms with Gasteiger partial charge in [-0.05, 0) is 63.8 Å². The summed E-state index contributed by atoms with van der Waals surface area (Å²) >= 11 is 0. The second kappa shape index (κ2) is 6.77. The lowest BCUT2D eigenvalue weighted by Crippen LogP contribution is -2.26. The Kier molecular flexibility index (Phi) is 4.84. The van der Waals surface area contributed by atoms with Crippen molar-refractivity contribution in [1.82, 2.24) is 9.29 Å². The molecule has 5 nitrogen and oxygen atoms in total. The molecule has 1 saturated carbocycles. The van der Waals surface area contributed by atoms with Gasteiger partial charge < -0.3 is 4.57 Å². The Hall–Kier alpha value is -1.92. The van der Waals surface area contributed by atoms with Gasteiger partial charge in [-0.25, -0.2) is 13.1 Å². The highest BCUT2D eigenvalue weighted by Crippen LogP contribution is 2.38. The van der Waals surface area contributed by atoms with E-state index < -0.39 is 10.0 Å². The summed E-state index contributed by atoms with van der Waals surface area (Å²) in [6.07, 6.45) is 3.11. The van der Waals surface area contributed by atoms with Crippen molar-refractivity contribution < 1.29 is 13.2 Å². The van der Waals surface area contributed by atoms with E-state index in [1.54, 1.807) is 12.1 Å². The van der Waals surface area contributed by atoms with Crippen molar-refractivity contribution in [3.05, 3.63) is 52.8 Å². The van der Waals surface area contributed by atoms with Gasteiger partial charge in [0.15, 0.2) is 5.78 Å². The summed E-state index contributed by atoms with van der Waals surface area (Å²) in [7, 11) is -3.62. The SMILES string of the molecule is CC(=O)c1cccc(S(=O)(=O)NCCc2cc(C)n(C3CC3)c2C)c1. The Bertz CT molecular complexity index is 909. The number of hydrogen-bond donors (Lipinski definition) is 1. The molecule has 0 atom stereocenters. The quantitative estimate of drug-likeness (QED) is 0.771. The number of carbonyl (C=O) groups excluding carboxylic acids is 1. The molecule has 0 amide bonds. The van der Waals surface area contributed by atoms with Gasteiger partial charge in [0.1, 0.15) is 0 Å². The van der Waals surface area contributed by atoms with E-state index in [4.69, 9.17) is 0 Å². The lowest BCUT2D eigenvalue weighted by molar-refractivity contribution is 0.101. The van der Waals surface area contributed by atoms with E-state index in [-0.39, 0.29) is 10.7 Å². The number of aryl methyl sites for hydroxylation is 1. The number of ketones is 1. The number of nitrogens with zero attached hydrogens (tertiary/aromatic N) is 1. The van der Waals surface area contributed by atoms with Crippen molar-refractivity contribution >= 4 is 15.8 Å². The molecule has 2 aromatic rings. The van der Waals surface area contributed by atoms with Gasteiger partial charge in [-0.1, -0.05) is 12.1 Å². The highest BCUT2D eigenvalue weighted by molar-refractivity contribution is 7.89. The van der Waals surface area contributed by atoms with E-state index in [9.17, 15) is 13.2 Å². The molecular weight excluding hydrogens is 336 g/mol. The topological polar surface area (TPSA) is 68.2 Å². The molecule has 3 rings (SSSR count). The van der Waals surface area contributed by atoms with E-state index in [1.165, 1.54) is 48.8 Å². The van der Waals surface area contributed by atoms with Crippen molar-refractivity contribution in [3.63, 3.8) is 0 Å². The number of hydrogen-bond acceptors (Lipinski definition) is 3. The molecule has 0 saturated heterocycles. The zero-order valence-corrected chi connectivity index (χ0v) is 15.7. The van der Waals surface area contributed by atoms with Gasteiger partial charge in [0.25, 0.3) is 0 Å². The molecular formula is C19H24N2O3S. The molecule has 0 bridgehead atoms. The number of Topliss-reactive ketones (excluding diaryl/α,β-unsaturated/α-hetero) is 1. The average molecular weight is 360 g/mol. The van der Waals surface area contributed by atoms with Gasteiger partial charge >= 0.3 is 0 Å². The predicted octanol–water partition coefficient (Wildman–Crippen LogP) is 3.16. The minimum Gasteiger partial charge on any atom is -0.346 e. The van der Waals surface area contributed by atoms with Crippen LogP contribution in [0.5, 0.6) is 0 Å². The van der Waals surface area contributed by atoms with E-state index in [2.05, 4.69) is 29.2 Å². The van der Waals surface area contributed by atoms with Crippen molar-refractivity contribution in [3.8, 4) is 0 Å². The first-order valence-electron chi connectivity index (χ1n) is 8.57. The molecule has 25 heavy (non-hydrogen) atoms. The first kappa shape index (κ1) is 17.9. The summed E-state index contributed by atoms with van der Waals surface area (Å²) < 4.78 is 29.9. The molecule has 1 N–H and O–H groups in total. The van der Waals surface area contributed by atoms with Crippen LogP contribution in [0.3, 0.4) is 0 Å². The molecule has 1 aromatic carbocycles. The van der Waals surface area contributed by atoms with Crippen LogP contribution in [0.2, 0.25) is 0 Å². The fourth-order valence-electron chi connectivity index (χ4n) is 3.28. The summed E-state index contributed by atoms with van der Waals surface area (Å²) in [4.78, 5) is 11.6. The smallest absolute Gasteiger partial charge is 0.240 e. The van der Waals surface area contributed by atoms with Crippen LogP contribution in [0.25, 0.3) is 0 Å². The average Bonchev–Trinajstić information content (AvgIpc) is 3.34. The maximum absolute atomic E-state index is 12.4. The number of carbonyl (C=O) groups is 1. The van der Waals surface area contributed by atoms with Crippen molar-refractivity contribution in [2.75, 3.05) is 6.54 Å². The highest BCUT2D eigenvalue weighted by Gasteiger charge is 2.26. The van der Waals surface area contributed by atoms with E-state index in [0.717, 1.165) is 0 Å². The highest BCUT2D eigenvalue weighted by atomic mass is 32.2. The van der Waals surface area contributed by atoms with Gasteiger partial charge in [-0.15, -0.1) is 0 Å². The number of benzene rings is 1. The standard InChI is InChI=1S/C19H24N2O3S/c1-13-11-16(14(2)21(13)18-7-8-18)9-10-20-25(23,24)19-6-4-5-17(12-19)15(3)22/h4-6,11-12,18,20H,7-10H2,1-3H3. The molecule has 0 aliphatic heterocycles. The zero-order valence-electron chi connectivity index (χ0n) is 14.9. The van der Waals surface area contributed by atoms with Crippen LogP contribution < -0.4 is 4.72 Å². The predicted molar refractivity (Wildman–Crippen MR) is 97.5 cm³/mol. The summed E-state index contributed by atoms with van der Waals surface area (Å²) in [5.74, 6) is -0.149. The molecule has 1 aliphatic rings. The molecule has 134 valence electrons. The maximum atomic E-state index is 12.4. The summed E-state index contributed by atoms with van der Waals surface area (Å²) in [5.41, 5.74) is 4.06. The van der Waals surface area contributed by atoms with Crippen molar-refractivity contribution in [1.29, 1.82) is 0 Å². The maximum Gasteiger partial charge on any atom is 0.240 e. The van der Waals surface area contributed by atoms with Gasteiger partial charge in [0.05, 0.1) is 4.90 Å². The third kappa shape index (κ3) is 3.85. The number of rotatable bonds is 7. The summed E-state index contributed by atoms with van der Waals surface area (Å²) in [5, 5.41) is 0. The van der Waals surface area contributed by atoms with Crippen molar-refractivity contribution in [2.24, 2.45) is 0 Å². The largest absolute Gasteiger partial charge is 0.346 e. The summed E-state index contributed by atoms with van der Waals surface area (Å²) in [6.45, 7) is 5.97. The first-order chi connectivity index (χ1) is 11.8. The van der Waals surface area contributed by atoms with Crippen LogP contribution in [0.15, 0.2) is 35.2 Å². The van der Waals surface area contributed by atoms with Gasteiger partial charge in [0, 0.05) is 29.5 Å². The molecule has 1 aromatic heterocycles. The Balaban J connectivity index is 1.68. The molecule has 0 unspecified atom stereocenters. The van der Waals surface area contributed by atoms with Gasteiger partial charge in [-0.2, -0.15) is 0 Å². The fourth-order valence-corrected chi connectivity index (χ4v) is 4.36. The lowest BCUT2D eigenvalue weighted by atomic mass is 10.2. The number of aromatic nitrogens is 1. The van der Waals surface area contributed by atoms with Crippen LogP contribution in [0.4, 0.5) is 0 Å². The Morgan fingerprint density at radius 2 is 1.96 bits per heavy atom. The van der Waals surface area contributed by atoms with Crippen LogP contribution in [-0.4, -0.2) is 25.3 Å². The normalized spacial score (nSPS) is 14.7. The monoisotopic (exact) mass is 360 g/mol. The van der Waals surface area contributed by atoms with Crippen LogP contribution >= 0.6 is 0 Å². The number of nitrogens with one attached hydrogen (secondary N) is 1. The van der Waals surface area contributed by atoms with Crippen LogP contribution in [0, 0.1) is 13.8 Å². The molecule has 0 spiro atoms. The molecule has 1 aliphatic carbocycles. The lowest BCUT2D eigenvalue weighted by Gasteiger charge is -2.09. The van der Waals surface area contributed by atoms with E-state index >= 15 is 0 Å². The fraction of sp³-hybridized carbons (Fsp3) is 0.421. The summed E-state index contributed by atoms with van der Waals surface area (Å²) in [6, 6.07) is 8.91. The van der Waals surface area contributed by atoms with Crippen LogP contribution in [-0.2, 0) is 16.4 Å². The Morgan fingerprint density at radius 3 is 2.60 bits per heavy atom. The third-order valence-corrected chi connectivity index (χ3v) is 6.20. The van der Waals surface area contributed by atoms with Gasteiger partial charge in [-0.3, -0.25) is 4.79 Å². The second-order valence-electron chi connectivity index (χ2n) is 6.73. The molecule has 0 radical (unpaired) electrons. The van der Waals surface area contributed by atoms with E-state index in [1.807, 2.05) is 0 Å². The molecule has 1 heterocycles. The number of sulfonamides is 1. The minimum atomic E-state index is -3.62. The first-order valence-corrected chi connectivity index (χ1v) is 10.1. The minimum absolute atomic E-state index is 0.128. The Morgan fingerprint density at radius 1 is 1.24 bits per heavy atom. The Labute approximate surface area is 149 Å². The second-order valence-corrected chi connectivity index (χ2v) is 8.50. The van der Waals surface area contributed by atoms with E-state index in [0.29, 0.717) is 24.6 Å². The molecule has 6 heteroatoms. The van der Waals surface area contributed by atoms with Crippen LogP contribution in [0.1, 0.15) is 53.1 Å². The van der Waals surface area contributed by atoms with Gasteiger partial charge in [0.2, 0.25) is 10.0 Å². The third-order valence-electron chi connectivity index (χ3n) is 4.74. The van der Waals surface area contributed by atoms with Crippen molar-refractivity contribution in [2.45, 2.75) is 51.0 Å². The molecule has 1 fully saturated rings.